The maximum atomic E-state index is 13.5. The van der Waals surface area contributed by atoms with Crippen molar-refractivity contribution in [2.24, 2.45) is 0 Å². The number of aromatic nitrogens is 3. The number of rotatable bonds is 5. The van der Waals surface area contributed by atoms with Gasteiger partial charge in [0.05, 0.1) is 12.7 Å². The van der Waals surface area contributed by atoms with E-state index in [1.165, 1.54) is 19.2 Å². The van der Waals surface area contributed by atoms with Crippen LogP contribution in [-0.4, -0.2) is 22.5 Å². The summed E-state index contributed by atoms with van der Waals surface area (Å²) in [6.07, 6.45) is 2.09. The van der Waals surface area contributed by atoms with Crippen LogP contribution in [-0.2, 0) is 0 Å². The number of nitrogens with zero attached hydrogens (tertiary/aromatic N) is 3. The molecule has 1 aliphatic carbocycles. The van der Waals surface area contributed by atoms with E-state index in [1.54, 1.807) is 6.07 Å². The number of hydrogen-bond acceptors (Lipinski definition) is 6. The van der Waals surface area contributed by atoms with Crippen LogP contribution in [0.4, 0.5) is 4.39 Å². The summed E-state index contributed by atoms with van der Waals surface area (Å²) < 4.78 is 30.4. The lowest BCUT2D eigenvalue weighted by atomic mass is 10.0. The number of methoxy groups -OCH3 is 1. The van der Waals surface area contributed by atoms with E-state index in [2.05, 4.69) is 15.4 Å². The van der Waals surface area contributed by atoms with Crippen molar-refractivity contribution in [3.05, 3.63) is 60.1 Å². The van der Waals surface area contributed by atoms with Gasteiger partial charge in [-0.3, -0.25) is 0 Å². The van der Waals surface area contributed by atoms with Crippen LogP contribution < -0.4 is 4.74 Å². The highest BCUT2D eigenvalue weighted by molar-refractivity contribution is 5.79. The lowest BCUT2D eigenvalue weighted by molar-refractivity contribution is 0.386. The van der Waals surface area contributed by atoms with Gasteiger partial charge >= 0.3 is 0 Å². The van der Waals surface area contributed by atoms with Crippen LogP contribution in [0.5, 0.6) is 5.75 Å². The Morgan fingerprint density at radius 2 is 1.82 bits per heavy atom. The van der Waals surface area contributed by atoms with Crippen molar-refractivity contribution in [2.75, 3.05) is 7.11 Å². The van der Waals surface area contributed by atoms with Crippen LogP contribution in [0.25, 0.3) is 34.2 Å². The molecular weight excluding hydrogens is 361 g/mol. The molecule has 6 nitrogen and oxygen atoms in total. The highest BCUT2D eigenvalue weighted by Gasteiger charge is 2.35. The predicted molar refractivity (Wildman–Crippen MR) is 99.2 cm³/mol. The van der Waals surface area contributed by atoms with Gasteiger partial charge in [-0.15, -0.1) is 10.2 Å². The molecule has 4 aromatic rings. The minimum atomic E-state index is -0.401. The van der Waals surface area contributed by atoms with E-state index < -0.39 is 5.82 Å². The van der Waals surface area contributed by atoms with Gasteiger partial charge in [0.25, 0.3) is 11.8 Å². The van der Waals surface area contributed by atoms with Crippen LogP contribution in [0.3, 0.4) is 0 Å². The summed E-state index contributed by atoms with van der Waals surface area (Å²) in [5.74, 6) is 1.57. The third-order valence-corrected chi connectivity index (χ3v) is 4.75. The van der Waals surface area contributed by atoms with E-state index in [0.29, 0.717) is 34.4 Å². The number of benzene rings is 2. The van der Waals surface area contributed by atoms with Crippen molar-refractivity contribution in [1.29, 1.82) is 0 Å². The first kappa shape index (κ1) is 16.7. The summed E-state index contributed by atoms with van der Waals surface area (Å²) in [7, 11) is 1.47. The average Bonchev–Trinajstić information content (AvgIpc) is 3.29. The first-order chi connectivity index (χ1) is 13.7. The van der Waals surface area contributed by atoms with E-state index in [-0.39, 0.29) is 5.89 Å². The molecule has 0 aliphatic heterocycles. The summed E-state index contributed by atoms with van der Waals surface area (Å²) in [6, 6.07) is 13.9. The molecule has 0 amide bonds. The Balaban J connectivity index is 1.62. The third-order valence-electron chi connectivity index (χ3n) is 4.75. The molecule has 0 N–H and O–H groups in total. The maximum Gasteiger partial charge on any atom is 0.254 e. The molecule has 7 heteroatoms. The van der Waals surface area contributed by atoms with E-state index in [1.807, 2.05) is 30.3 Å². The molecule has 2 aromatic carbocycles. The van der Waals surface area contributed by atoms with Gasteiger partial charge in [0.1, 0.15) is 22.8 Å². The van der Waals surface area contributed by atoms with Crippen molar-refractivity contribution in [2.45, 2.75) is 18.8 Å². The van der Waals surface area contributed by atoms with E-state index in [4.69, 9.17) is 13.7 Å². The van der Waals surface area contributed by atoms with Crippen LogP contribution in [0.2, 0.25) is 0 Å². The number of ether oxygens (including phenoxy) is 1. The maximum absolute atomic E-state index is 13.5. The Hall–Kier alpha value is -3.48. The van der Waals surface area contributed by atoms with Gasteiger partial charge in [0.2, 0.25) is 0 Å². The van der Waals surface area contributed by atoms with Crippen molar-refractivity contribution in [3.8, 4) is 39.9 Å². The predicted octanol–water partition coefficient (Wildman–Crippen LogP) is 5.08. The molecule has 0 atom stereocenters. The zero-order chi connectivity index (χ0) is 19.1. The van der Waals surface area contributed by atoms with E-state index >= 15 is 0 Å². The third kappa shape index (κ3) is 2.85. The molecule has 0 radical (unpaired) electrons. The molecule has 0 unspecified atom stereocenters. The minimum Gasteiger partial charge on any atom is -0.496 e. The van der Waals surface area contributed by atoms with E-state index in [9.17, 15) is 4.39 Å². The molecule has 1 saturated carbocycles. The minimum absolute atomic E-state index is 0.244. The topological polar surface area (TPSA) is 74.2 Å². The number of hydrogen-bond donors (Lipinski definition) is 0. The second kappa shape index (κ2) is 6.60. The van der Waals surface area contributed by atoms with Crippen molar-refractivity contribution < 1.29 is 18.1 Å². The Kier molecular flexibility index (Phi) is 3.93. The normalized spacial score (nSPS) is 13.6. The van der Waals surface area contributed by atoms with Crippen molar-refractivity contribution >= 4 is 0 Å². The first-order valence-electron chi connectivity index (χ1n) is 8.97. The van der Waals surface area contributed by atoms with Gasteiger partial charge in [-0.1, -0.05) is 35.5 Å². The van der Waals surface area contributed by atoms with Gasteiger partial charge in [0, 0.05) is 17.5 Å². The molecule has 5 rings (SSSR count). The molecule has 2 aromatic heterocycles. The summed E-state index contributed by atoms with van der Waals surface area (Å²) in [5, 5.41) is 12.6. The molecule has 2 heterocycles. The van der Waals surface area contributed by atoms with Gasteiger partial charge in [-0.2, -0.15) is 0 Å². The van der Waals surface area contributed by atoms with Gasteiger partial charge < -0.3 is 13.7 Å². The lowest BCUT2D eigenvalue weighted by Crippen LogP contribution is -1.89. The summed E-state index contributed by atoms with van der Waals surface area (Å²) in [6.45, 7) is 0. The van der Waals surface area contributed by atoms with Crippen molar-refractivity contribution in [1.82, 2.24) is 15.4 Å². The fraction of sp³-hybridized carbons (Fsp3) is 0.190. The molecule has 28 heavy (non-hydrogen) atoms. The Morgan fingerprint density at radius 3 is 2.57 bits per heavy atom. The summed E-state index contributed by atoms with van der Waals surface area (Å²) >= 11 is 0. The second-order valence-corrected chi connectivity index (χ2v) is 6.67. The molecule has 140 valence electrons. The second-order valence-electron chi connectivity index (χ2n) is 6.67. The molecule has 0 bridgehead atoms. The van der Waals surface area contributed by atoms with Crippen LogP contribution in [0.15, 0.2) is 57.5 Å². The van der Waals surface area contributed by atoms with Gasteiger partial charge in [0.15, 0.2) is 5.76 Å². The zero-order valence-electron chi connectivity index (χ0n) is 15.1. The Bertz CT molecular complexity index is 1130. The molecule has 1 aliphatic rings. The molecule has 1 fully saturated rings. The fourth-order valence-electron chi connectivity index (χ4n) is 3.20. The lowest BCUT2D eigenvalue weighted by Gasteiger charge is -2.04. The monoisotopic (exact) mass is 377 g/mol. The Morgan fingerprint density at radius 1 is 1.04 bits per heavy atom. The number of halogens is 1. The van der Waals surface area contributed by atoms with Crippen LogP contribution >= 0.6 is 0 Å². The van der Waals surface area contributed by atoms with Crippen LogP contribution in [0.1, 0.15) is 24.5 Å². The average molecular weight is 377 g/mol. The van der Waals surface area contributed by atoms with Crippen molar-refractivity contribution in [3.63, 3.8) is 0 Å². The summed E-state index contributed by atoms with van der Waals surface area (Å²) in [5.41, 5.74) is 2.82. The standard InChI is InChI=1S/C21H16FN3O3/c1-26-16-11-14(22)9-10-15(16)20-23-24-21(27-20)17-18(12-5-3-2-4-6-12)25-28-19(17)13-7-8-13/h2-6,9-11,13H,7-8H2,1H3. The Labute approximate surface area is 160 Å². The molecule has 0 spiro atoms. The fourth-order valence-corrected chi connectivity index (χ4v) is 3.20. The smallest absolute Gasteiger partial charge is 0.254 e. The van der Waals surface area contributed by atoms with E-state index in [0.717, 1.165) is 24.2 Å². The highest BCUT2D eigenvalue weighted by Crippen LogP contribution is 2.47. The summed E-state index contributed by atoms with van der Waals surface area (Å²) in [4.78, 5) is 0. The van der Waals surface area contributed by atoms with Crippen LogP contribution in [0, 0.1) is 5.82 Å². The first-order valence-corrected chi connectivity index (χ1v) is 8.97. The SMILES string of the molecule is COc1cc(F)ccc1-c1nnc(-c2c(-c3ccccc3)noc2C2CC2)o1. The highest BCUT2D eigenvalue weighted by atomic mass is 19.1. The molecular formula is C21H16FN3O3. The van der Waals surface area contributed by atoms with Gasteiger partial charge in [-0.25, -0.2) is 4.39 Å². The van der Waals surface area contributed by atoms with Gasteiger partial charge in [-0.05, 0) is 25.0 Å². The quantitative estimate of drug-likeness (QED) is 0.483. The largest absolute Gasteiger partial charge is 0.496 e. The molecule has 0 saturated heterocycles. The zero-order valence-corrected chi connectivity index (χ0v) is 15.1.